The van der Waals surface area contributed by atoms with Gasteiger partial charge in [0.05, 0.1) is 13.2 Å². The van der Waals surface area contributed by atoms with E-state index in [-0.39, 0.29) is 19.0 Å². The molecule has 0 aromatic heterocycles. The van der Waals surface area contributed by atoms with Crippen LogP contribution in [0.5, 0.6) is 0 Å². The van der Waals surface area contributed by atoms with Crippen LogP contribution in [0.4, 0.5) is 0 Å². The van der Waals surface area contributed by atoms with Crippen LogP contribution in [-0.2, 0) is 4.74 Å². The summed E-state index contributed by atoms with van der Waals surface area (Å²) in [5, 5.41) is 8.65. The number of morpholine rings is 1. The van der Waals surface area contributed by atoms with E-state index in [0.717, 1.165) is 26.2 Å². The summed E-state index contributed by atoms with van der Waals surface area (Å²) in [4.78, 5) is 2.24. The molecule has 1 heterocycles. The van der Waals surface area contributed by atoms with Gasteiger partial charge in [-0.25, -0.2) is 0 Å². The molecule has 0 radical (unpaired) electrons. The SMILES string of the molecule is CN1CCOCC1CCO.Cl. The second-order valence-corrected chi connectivity index (χ2v) is 2.72. The number of hydrogen-bond acceptors (Lipinski definition) is 3. The predicted molar refractivity (Wildman–Crippen MR) is 46.2 cm³/mol. The molecule has 1 rings (SSSR count). The number of halogens is 1. The third kappa shape index (κ3) is 3.38. The van der Waals surface area contributed by atoms with Gasteiger partial charge in [-0.05, 0) is 13.5 Å². The molecule has 68 valence electrons. The molecule has 0 bridgehead atoms. The molecule has 0 aromatic rings. The van der Waals surface area contributed by atoms with Gasteiger partial charge >= 0.3 is 0 Å². The third-order valence-electron chi connectivity index (χ3n) is 1.98. The van der Waals surface area contributed by atoms with Crippen LogP contribution in [0.1, 0.15) is 6.42 Å². The van der Waals surface area contributed by atoms with E-state index in [2.05, 4.69) is 11.9 Å². The maximum atomic E-state index is 8.65. The van der Waals surface area contributed by atoms with Crippen molar-refractivity contribution < 1.29 is 9.84 Å². The molecular formula is C7H16ClNO2. The summed E-state index contributed by atoms with van der Waals surface area (Å²) >= 11 is 0. The smallest absolute Gasteiger partial charge is 0.0623 e. The maximum absolute atomic E-state index is 8.65. The van der Waals surface area contributed by atoms with Gasteiger partial charge in [0.25, 0.3) is 0 Å². The summed E-state index contributed by atoms with van der Waals surface area (Å²) < 4.78 is 5.25. The number of nitrogens with zero attached hydrogens (tertiary/aromatic N) is 1. The highest BCUT2D eigenvalue weighted by atomic mass is 35.5. The van der Waals surface area contributed by atoms with Crippen LogP contribution in [0.2, 0.25) is 0 Å². The van der Waals surface area contributed by atoms with E-state index >= 15 is 0 Å². The summed E-state index contributed by atoms with van der Waals surface area (Å²) in [7, 11) is 2.07. The number of likely N-dealkylation sites (N-methyl/N-ethyl adjacent to an activating group) is 1. The van der Waals surface area contributed by atoms with Gasteiger partial charge in [0.1, 0.15) is 0 Å². The summed E-state index contributed by atoms with van der Waals surface area (Å²) in [6, 6.07) is 0.429. The van der Waals surface area contributed by atoms with Gasteiger partial charge in [-0.2, -0.15) is 0 Å². The Morgan fingerprint density at radius 2 is 2.36 bits per heavy atom. The molecule has 4 heteroatoms. The first kappa shape index (κ1) is 11.2. The Hall–Kier alpha value is 0.170. The van der Waals surface area contributed by atoms with Crippen LogP contribution in [-0.4, -0.2) is 49.5 Å². The summed E-state index contributed by atoms with van der Waals surface area (Å²) in [6.07, 6.45) is 0.830. The van der Waals surface area contributed by atoms with Gasteiger partial charge in [0.15, 0.2) is 0 Å². The molecule has 0 amide bonds. The van der Waals surface area contributed by atoms with E-state index in [1.54, 1.807) is 0 Å². The van der Waals surface area contributed by atoms with Crippen molar-refractivity contribution in [2.75, 3.05) is 33.4 Å². The first-order valence-electron chi connectivity index (χ1n) is 3.73. The standard InChI is InChI=1S/C7H15NO2.ClH/c1-8-3-5-10-6-7(8)2-4-9;/h7,9H,2-6H2,1H3;1H. The summed E-state index contributed by atoms with van der Waals surface area (Å²) in [6.45, 7) is 2.86. The van der Waals surface area contributed by atoms with Crippen molar-refractivity contribution in [1.29, 1.82) is 0 Å². The van der Waals surface area contributed by atoms with Gasteiger partial charge < -0.3 is 9.84 Å². The minimum absolute atomic E-state index is 0. The van der Waals surface area contributed by atoms with E-state index in [1.807, 2.05) is 0 Å². The molecule has 1 unspecified atom stereocenters. The quantitative estimate of drug-likeness (QED) is 0.657. The highest BCUT2D eigenvalue weighted by Crippen LogP contribution is 2.06. The molecule has 1 N–H and O–H groups in total. The number of ether oxygens (including phenoxy) is 1. The molecule has 1 fully saturated rings. The van der Waals surface area contributed by atoms with Crippen LogP contribution in [0.15, 0.2) is 0 Å². The third-order valence-corrected chi connectivity index (χ3v) is 1.98. The van der Waals surface area contributed by atoms with Crippen molar-refractivity contribution in [1.82, 2.24) is 4.90 Å². The highest BCUT2D eigenvalue weighted by molar-refractivity contribution is 5.85. The van der Waals surface area contributed by atoms with E-state index < -0.39 is 0 Å². The number of aliphatic hydroxyl groups is 1. The lowest BCUT2D eigenvalue weighted by molar-refractivity contribution is -0.00251. The molecule has 0 aromatic carbocycles. The van der Waals surface area contributed by atoms with Crippen molar-refractivity contribution >= 4 is 12.4 Å². The van der Waals surface area contributed by atoms with Crippen LogP contribution < -0.4 is 0 Å². The van der Waals surface area contributed by atoms with Crippen molar-refractivity contribution in [2.45, 2.75) is 12.5 Å². The Morgan fingerprint density at radius 1 is 1.64 bits per heavy atom. The molecule has 3 nitrogen and oxygen atoms in total. The zero-order valence-corrected chi connectivity index (χ0v) is 7.64. The Balaban J connectivity index is 0.000001000. The number of aliphatic hydroxyl groups excluding tert-OH is 1. The lowest BCUT2D eigenvalue weighted by atomic mass is 10.2. The van der Waals surface area contributed by atoms with E-state index in [0.29, 0.717) is 6.04 Å². The Kier molecular flexibility index (Phi) is 5.86. The average Bonchev–Trinajstić information content (AvgIpc) is 1.94. The Bertz CT molecular complexity index is 100. The highest BCUT2D eigenvalue weighted by Gasteiger charge is 2.17. The van der Waals surface area contributed by atoms with Gasteiger partial charge in [-0.1, -0.05) is 0 Å². The zero-order valence-electron chi connectivity index (χ0n) is 6.82. The molecule has 1 aliphatic heterocycles. The van der Waals surface area contributed by atoms with Gasteiger partial charge in [-0.15, -0.1) is 12.4 Å². The van der Waals surface area contributed by atoms with Gasteiger partial charge in [0.2, 0.25) is 0 Å². The molecule has 0 spiro atoms. The largest absolute Gasteiger partial charge is 0.396 e. The number of rotatable bonds is 2. The van der Waals surface area contributed by atoms with Crippen molar-refractivity contribution in [2.24, 2.45) is 0 Å². The van der Waals surface area contributed by atoms with Crippen LogP contribution in [0.3, 0.4) is 0 Å². The second kappa shape index (κ2) is 5.77. The summed E-state index contributed by atoms with van der Waals surface area (Å²) in [5.41, 5.74) is 0. The Labute approximate surface area is 73.7 Å². The fourth-order valence-corrected chi connectivity index (χ4v) is 1.19. The van der Waals surface area contributed by atoms with Crippen molar-refractivity contribution in [3.8, 4) is 0 Å². The second-order valence-electron chi connectivity index (χ2n) is 2.72. The zero-order chi connectivity index (χ0) is 7.40. The Morgan fingerprint density at radius 3 is 2.91 bits per heavy atom. The monoisotopic (exact) mass is 181 g/mol. The van der Waals surface area contributed by atoms with Gasteiger partial charge in [-0.3, -0.25) is 4.90 Å². The van der Waals surface area contributed by atoms with Crippen molar-refractivity contribution in [3.63, 3.8) is 0 Å². The number of hydrogen-bond donors (Lipinski definition) is 1. The molecule has 1 saturated heterocycles. The minimum atomic E-state index is 0. The first-order valence-corrected chi connectivity index (χ1v) is 3.73. The molecule has 11 heavy (non-hydrogen) atoms. The average molecular weight is 182 g/mol. The molecule has 1 atom stereocenters. The van der Waals surface area contributed by atoms with Crippen LogP contribution in [0.25, 0.3) is 0 Å². The normalized spacial score (nSPS) is 26.2. The molecular weight excluding hydrogens is 166 g/mol. The van der Waals surface area contributed by atoms with Crippen molar-refractivity contribution in [3.05, 3.63) is 0 Å². The first-order chi connectivity index (χ1) is 4.84. The fraction of sp³-hybridized carbons (Fsp3) is 1.00. The van der Waals surface area contributed by atoms with E-state index in [4.69, 9.17) is 9.84 Å². The lowest BCUT2D eigenvalue weighted by Crippen LogP contribution is -2.43. The van der Waals surface area contributed by atoms with Crippen LogP contribution >= 0.6 is 12.4 Å². The fourth-order valence-electron chi connectivity index (χ4n) is 1.19. The molecule has 0 saturated carbocycles. The molecule has 1 aliphatic rings. The van der Waals surface area contributed by atoms with Crippen LogP contribution in [0, 0.1) is 0 Å². The topological polar surface area (TPSA) is 32.7 Å². The summed E-state index contributed by atoms with van der Waals surface area (Å²) in [5.74, 6) is 0. The van der Waals surface area contributed by atoms with E-state index in [1.165, 1.54) is 0 Å². The lowest BCUT2D eigenvalue weighted by Gasteiger charge is -2.31. The maximum Gasteiger partial charge on any atom is 0.0623 e. The predicted octanol–water partition coefficient (Wildman–Crippen LogP) is 0.121. The minimum Gasteiger partial charge on any atom is -0.396 e. The van der Waals surface area contributed by atoms with Gasteiger partial charge in [0, 0.05) is 19.2 Å². The molecule has 0 aliphatic carbocycles. The van der Waals surface area contributed by atoms with E-state index in [9.17, 15) is 0 Å².